The lowest BCUT2D eigenvalue weighted by atomic mass is 10.1. The van der Waals surface area contributed by atoms with E-state index in [0.29, 0.717) is 13.1 Å². The minimum absolute atomic E-state index is 0.535. The minimum Gasteiger partial charge on any atom is -0.478 e. The molecule has 0 aromatic rings. The quantitative estimate of drug-likeness (QED) is 0.622. The van der Waals surface area contributed by atoms with Crippen LogP contribution in [0.2, 0.25) is 0 Å². The molecule has 0 spiro atoms. The van der Waals surface area contributed by atoms with Crippen LogP contribution in [-0.4, -0.2) is 46.3 Å². The maximum atomic E-state index is 10.2. The van der Waals surface area contributed by atoms with Crippen LogP contribution >= 0.6 is 0 Å². The lowest BCUT2D eigenvalue weighted by molar-refractivity contribution is -0.131. The first-order chi connectivity index (χ1) is 6.35. The molecule has 0 aromatic heterocycles. The average Bonchev–Trinajstić information content (AvgIpc) is 1.99. The number of carboxylic acid groups (broad SMARTS) is 1. The Bertz CT molecular complexity index is 206. The van der Waals surface area contributed by atoms with Crippen LogP contribution < -0.4 is 0 Å². The summed E-state index contributed by atoms with van der Waals surface area (Å²) in [5.74, 6) is -0.940. The summed E-state index contributed by atoms with van der Waals surface area (Å²) >= 11 is 0. The summed E-state index contributed by atoms with van der Waals surface area (Å²) in [5, 5.41) is 17.9. The Morgan fingerprint density at radius 1 is 1.50 bits per heavy atom. The maximum absolute atomic E-state index is 10.2. The molecular weight excluding hydrogens is 182 g/mol. The van der Waals surface area contributed by atoms with Crippen LogP contribution in [0.3, 0.4) is 0 Å². The van der Waals surface area contributed by atoms with E-state index in [1.807, 2.05) is 11.8 Å². The summed E-state index contributed by atoms with van der Waals surface area (Å²) in [6.07, 6.45) is 2.70. The van der Waals surface area contributed by atoms with Crippen LogP contribution in [0, 0.1) is 0 Å². The molecule has 0 atom stereocenters. The highest BCUT2D eigenvalue weighted by Crippen LogP contribution is 2.04. The van der Waals surface area contributed by atoms with Crippen molar-refractivity contribution in [3.63, 3.8) is 0 Å². The zero-order chi connectivity index (χ0) is 11.2. The minimum atomic E-state index is -0.940. The van der Waals surface area contributed by atoms with Gasteiger partial charge in [0.15, 0.2) is 0 Å². The van der Waals surface area contributed by atoms with E-state index in [9.17, 15) is 9.90 Å². The topological polar surface area (TPSA) is 60.8 Å². The number of hydrogen-bond donors (Lipinski definition) is 2. The van der Waals surface area contributed by atoms with Crippen molar-refractivity contribution in [3.05, 3.63) is 12.2 Å². The third-order valence-corrected chi connectivity index (χ3v) is 1.68. The highest BCUT2D eigenvalue weighted by molar-refractivity contribution is 5.79. The normalized spacial score (nSPS) is 12.6. The molecule has 0 saturated carbocycles. The third-order valence-electron chi connectivity index (χ3n) is 1.68. The van der Waals surface area contributed by atoms with Crippen LogP contribution in [0.1, 0.15) is 20.8 Å². The third kappa shape index (κ3) is 7.76. The lowest BCUT2D eigenvalue weighted by Gasteiger charge is -2.26. The van der Waals surface area contributed by atoms with E-state index >= 15 is 0 Å². The number of likely N-dealkylation sites (N-methyl/N-ethyl adjacent to an activating group) is 1. The summed E-state index contributed by atoms with van der Waals surface area (Å²) in [4.78, 5) is 12.2. The van der Waals surface area contributed by atoms with Crippen LogP contribution in [0.5, 0.6) is 0 Å². The fourth-order valence-electron chi connectivity index (χ4n) is 1.16. The number of nitrogens with zero attached hydrogens (tertiary/aromatic N) is 1. The summed E-state index contributed by atoms with van der Waals surface area (Å²) < 4.78 is 0. The standard InChI is InChI=1S/C10H19NO3/c1-4-11(8-10(2,3)14)7-5-6-9(12)13/h5-6,14H,4,7-8H2,1-3H3,(H,12,13). The molecule has 0 amide bonds. The molecule has 0 aromatic carbocycles. The van der Waals surface area contributed by atoms with Crippen molar-refractivity contribution in [1.29, 1.82) is 0 Å². The molecule has 14 heavy (non-hydrogen) atoms. The highest BCUT2D eigenvalue weighted by atomic mass is 16.4. The fraction of sp³-hybridized carbons (Fsp3) is 0.700. The van der Waals surface area contributed by atoms with Gasteiger partial charge in [-0.1, -0.05) is 13.0 Å². The van der Waals surface area contributed by atoms with Crippen molar-refractivity contribution in [2.24, 2.45) is 0 Å². The van der Waals surface area contributed by atoms with Gasteiger partial charge in [-0.25, -0.2) is 4.79 Å². The van der Waals surface area contributed by atoms with Crippen molar-refractivity contribution < 1.29 is 15.0 Å². The second-order valence-corrected chi connectivity index (χ2v) is 3.88. The summed E-state index contributed by atoms with van der Waals surface area (Å²) in [6, 6.07) is 0. The zero-order valence-electron chi connectivity index (χ0n) is 9.03. The number of hydrogen-bond acceptors (Lipinski definition) is 3. The SMILES string of the molecule is CCN(CC=CC(=O)O)CC(C)(C)O. The van der Waals surface area contributed by atoms with E-state index in [1.165, 1.54) is 0 Å². The second-order valence-electron chi connectivity index (χ2n) is 3.88. The molecule has 0 aliphatic rings. The van der Waals surface area contributed by atoms with Gasteiger partial charge in [0, 0.05) is 19.2 Å². The van der Waals surface area contributed by atoms with Crippen LogP contribution in [0.25, 0.3) is 0 Å². The Labute approximate surface area is 84.8 Å². The van der Waals surface area contributed by atoms with Gasteiger partial charge in [-0.05, 0) is 20.4 Å². The van der Waals surface area contributed by atoms with Gasteiger partial charge in [-0.15, -0.1) is 0 Å². The van der Waals surface area contributed by atoms with E-state index in [0.717, 1.165) is 12.6 Å². The van der Waals surface area contributed by atoms with Crippen molar-refractivity contribution in [2.45, 2.75) is 26.4 Å². The first-order valence-corrected chi connectivity index (χ1v) is 4.69. The van der Waals surface area contributed by atoms with Gasteiger partial charge in [0.05, 0.1) is 5.60 Å². The summed E-state index contributed by atoms with van der Waals surface area (Å²) in [5.41, 5.74) is -0.743. The molecule has 0 rings (SSSR count). The molecule has 0 fully saturated rings. The number of aliphatic carboxylic acids is 1. The molecular formula is C10H19NO3. The molecule has 0 unspecified atom stereocenters. The molecule has 82 valence electrons. The van der Waals surface area contributed by atoms with E-state index < -0.39 is 11.6 Å². The number of rotatable bonds is 6. The van der Waals surface area contributed by atoms with E-state index in [4.69, 9.17) is 5.11 Å². The van der Waals surface area contributed by atoms with Gasteiger partial charge in [0.1, 0.15) is 0 Å². The molecule has 4 heteroatoms. The first-order valence-electron chi connectivity index (χ1n) is 4.69. The Balaban J connectivity index is 3.98. The van der Waals surface area contributed by atoms with E-state index in [-0.39, 0.29) is 0 Å². The van der Waals surface area contributed by atoms with Crippen molar-refractivity contribution in [3.8, 4) is 0 Å². The molecule has 2 N–H and O–H groups in total. The first kappa shape index (κ1) is 13.1. The molecule has 0 heterocycles. The molecule has 0 aliphatic carbocycles. The van der Waals surface area contributed by atoms with Gasteiger partial charge in [-0.3, -0.25) is 4.90 Å². The summed E-state index contributed by atoms with van der Waals surface area (Å²) in [6.45, 7) is 7.31. The maximum Gasteiger partial charge on any atom is 0.328 e. The Morgan fingerprint density at radius 2 is 2.07 bits per heavy atom. The Hall–Kier alpha value is -0.870. The Kier molecular flexibility index (Phi) is 5.42. The van der Waals surface area contributed by atoms with Crippen LogP contribution in [0.4, 0.5) is 0 Å². The van der Waals surface area contributed by atoms with Crippen molar-refractivity contribution in [1.82, 2.24) is 4.90 Å². The number of carboxylic acids is 1. The van der Waals surface area contributed by atoms with Crippen molar-refractivity contribution >= 4 is 5.97 Å². The smallest absolute Gasteiger partial charge is 0.328 e. The van der Waals surface area contributed by atoms with Crippen molar-refractivity contribution in [2.75, 3.05) is 19.6 Å². The van der Waals surface area contributed by atoms with Gasteiger partial charge in [-0.2, -0.15) is 0 Å². The Morgan fingerprint density at radius 3 is 2.43 bits per heavy atom. The van der Waals surface area contributed by atoms with Crippen LogP contribution in [0.15, 0.2) is 12.2 Å². The predicted molar refractivity (Wildman–Crippen MR) is 55.2 cm³/mol. The number of carbonyl (C=O) groups is 1. The van der Waals surface area contributed by atoms with Gasteiger partial charge >= 0.3 is 5.97 Å². The summed E-state index contributed by atoms with van der Waals surface area (Å²) in [7, 11) is 0. The molecule has 0 radical (unpaired) electrons. The van der Waals surface area contributed by atoms with Gasteiger partial charge in [0.25, 0.3) is 0 Å². The zero-order valence-corrected chi connectivity index (χ0v) is 9.03. The largest absolute Gasteiger partial charge is 0.478 e. The van der Waals surface area contributed by atoms with E-state index in [2.05, 4.69) is 0 Å². The predicted octanol–water partition coefficient (Wildman–Crippen LogP) is 0.720. The monoisotopic (exact) mass is 201 g/mol. The molecule has 0 bridgehead atoms. The van der Waals surface area contributed by atoms with Crippen LogP contribution in [-0.2, 0) is 4.79 Å². The lowest BCUT2D eigenvalue weighted by Crippen LogP contribution is -2.38. The van der Waals surface area contributed by atoms with E-state index in [1.54, 1.807) is 19.9 Å². The molecule has 0 saturated heterocycles. The van der Waals surface area contributed by atoms with Gasteiger partial charge < -0.3 is 10.2 Å². The molecule has 0 aliphatic heterocycles. The van der Waals surface area contributed by atoms with Gasteiger partial charge in [0.2, 0.25) is 0 Å². The fourth-order valence-corrected chi connectivity index (χ4v) is 1.16. The molecule has 4 nitrogen and oxygen atoms in total. The number of aliphatic hydroxyl groups is 1. The highest BCUT2D eigenvalue weighted by Gasteiger charge is 2.15. The second kappa shape index (κ2) is 5.78. The average molecular weight is 201 g/mol.